The molecule has 2 N–H and O–H groups in total. The first-order valence-corrected chi connectivity index (χ1v) is 8.28. The van der Waals surface area contributed by atoms with E-state index in [9.17, 15) is 23.1 Å². The van der Waals surface area contributed by atoms with Crippen LogP contribution in [0.2, 0.25) is 0 Å². The van der Waals surface area contributed by atoms with Gasteiger partial charge in [0.25, 0.3) is 5.91 Å². The molecule has 0 spiro atoms. The molecule has 3 aromatic rings. The summed E-state index contributed by atoms with van der Waals surface area (Å²) in [5.41, 5.74) is 1.60. The van der Waals surface area contributed by atoms with Crippen molar-refractivity contribution >= 4 is 5.91 Å². The van der Waals surface area contributed by atoms with E-state index in [0.717, 1.165) is 17.7 Å². The van der Waals surface area contributed by atoms with Crippen LogP contribution in [0.5, 0.6) is 5.75 Å². The summed E-state index contributed by atoms with van der Waals surface area (Å²) in [6.45, 7) is -0.0558. The highest BCUT2D eigenvalue weighted by atomic mass is 19.4. The summed E-state index contributed by atoms with van der Waals surface area (Å²) >= 11 is 0. The molecule has 0 aliphatic heterocycles. The van der Waals surface area contributed by atoms with Crippen LogP contribution in [0.1, 0.15) is 22.0 Å². The molecule has 0 radical (unpaired) electrons. The monoisotopic (exact) mass is 391 g/mol. The van der Waals surface area contributed by atoms with Crippen molar-refractivity contribution in [3.05, 3.63) is 78.1 Å². The number of alkyl halides is 3. The van der Waals surface area contributed by atoms with Crippen LogP contribution in [-0.2, 0) is 0 Å². The average Bonchev–Trinajstić information content (AvgIpc) is 3.20. The van der Waals surface area contributed by atoms with Crippen molar-refractivity contribution in [2.75, 3.05) is 6.54 Å². The number of aliphatic hydroxyl groups is 1. The van der Waals surface area contributed by atoms with Gasteiger partial charge in [-0.3, -0.25) is 4.79 Å². The van der Waals surface area contributed by atoms with Gasteiger partial charge in [0.05, 0.1) is 12.4 Å². The zero-order chi connectivity index (χ0) is 20.1. The molecule has 1 amide bonds. The topological polar surface area (TPSA) is 71.7 Å². The number of carbonyl (C=O) groups excluding carboxylic acids is 1. The fourth-order valence-corrected chi connectivity index (χ4v) is 2.53. The number of amides is 1. The van der Waals surface area contributed by atoms with Crippen molar-refractivity contribution < 1.29 is 32.2 Å². The highest BCUT2D eigenvalue weighted by molar-refractivity contribution is 5.94. The lowest BCUT2D eigenvalue weighted by atomic mass is 10.1. The smallest absolute Gasteiger partial charge is 0.464 e. The Morgan fingerprint density at radius 2 is 1.75 bits per heavy atom. The van der Waals surface area contributed by atoms with E-state index in [1.807, 2.05) is 6.07 Å². The molecule has 1 atom stereocenters. The number of aliphatic hydroxyl groups excluding tert-OH is 1. The second-order valence-electron chi connectivity index (χ2n) is 5.90. The first-order chi connectivity index (χ1) is 13.3. The van der Waals surface area contributed by atoms with Gasteiger partial charge in [0.1, 0.15) is 11.5 Å². The zero-order valence-electron chi connectivity index (χ0n) is 14.4. The van der Waals surface area contributed by atoms with E-state index >= 15 is 0 Å². The van der Waals surface area contributed by atoms with Crippen molar-refractivity contribution in [1.82, 2.24) is 5.32 Å². The second kappa shape index (κ2) is 8.18. The molecule has 3 rings (SSSR count). The number of halogens is 3. The molecular weight excluding hydrogens is 375 g/mol. The fourth-order valence-electron chi connectivity index (χ4n) is 2.53. The van der Waals surface area contributed by atoms with E-state index < -0.39 is 24.1 Å². The predicted octanol–water partition coefficient (Wildman–Crippen LogP) is 4.31. The van der Waals surface area contributed by atoms with Crippen LogP contribution in [-0.4, -0.2) is 23.9 Å². The maximum Gasteiger partial charge on any atom is 0.573 e. The summed E-state index contributed by atoms with van der Waals surface area (Å²) < 4.78 is 45.5. The zero-order valence-corrected chi connectivity index (χ0v) is 14.4. The van der Waals surface area contributed by atoms with Gasteiger partial charge in [-0.2, -0.15) is 0 Å². The Morgan fingerprint density at radius 1 is 1.07 bits per heavy atom. The predicted molar refractivity (Wildman–Crippen MR) is 94.6 cm³/mol. The van der Waals surface area contributed by atoms with Crippen molar-refractivity contribution in [2.45, 2.75) is 12.5 Å². The molecule has 0 aliphatic rings. The lowest BCUT2D eigenvalue weighted by Gasteiger charge is -2.13. The van der Waals surface area contributed by atoms with E-state index in [-0.39, 0.29) is 12.1 Å². The highest BCUT2D eigenvalue weighted by Gasteiger charge is 2.31. The molecule has 1 heterocycles. The Hall–Kier alpha value is -3.26. The summed E-state index contributed by atoms with van der Waals surface area (Å²) in [5, 5.41) is 12.8. The normalized spacial score (nSPS) is 12.4. The highest BCUT2D eigenvalue weighted by Crippen LogP contribution is 2.24. The molecule has 8 heteroatoms. The summed E-state index contributed by atoms with van der Waals surface area (Å²) in [7, 11) is 0. The molecule has 0 unspecified atom stereocenters. The van der Waals surface area contributed by atoms with E-state index in [2.05, 4.69) is 10.1 Å². The number of ether oxygens (including phenoxy) is 1. The van der Waals surface area contributed by atoms with Gasteiger partial charge in [-0.1, -0.05) is 24.3 Å². The van der Waals surface area contributed by atoms with Crippen molar-refractivity contribution in [3.8, 4) is 17.1 Å². The molecule has 0 saturated heterocycles. The van der Waals surface area contributed by atoms with Gasteiger partial charge in [0, 0.05) is 17.7 Å². The summed E-state index contributed by atoms with van der Waals surface area (Å²) in [6.07, 6.45) is -4.17. The Bertz CT molecular complexity index is 904. The Balaban J connectivity index is 1.55. The molecule has 0 bridgehead atoms. The molecule has 28 heavy (non-hydrogen) atoms. The Morgan fingerprint density at radius 3 is 2.32 bits per heavy atom. The molecule has 2 aromatic carbocycles. The van der Waals surface area contributed by atoms with Gasteiger partial charge in [-0.05, 0) is 42.0 Å². The van der Waals surface area contributed by atoms with E-state index in [1.54, 1.807) is 36.6 Å². The van der Waals surface area contributed by atoms with Crippen LogP contribution in [0, 0.1) is 0 Å². The van der Waals surface area contributed by atoms with Gasteiger partial charge in [0.2, 0.25) is 0 Å². The first-order valence-electron chi connectivity index (χ1n) is 8.28. The van der Waals surface area contributed by atoms with Gasteiger partial charge < -0.3 is 19.6 Å². The second-order valence-corrected chi connectivity index (χ2v) is 5.90. The van der Waals surface area contributed by atoms with Crippen molar-refractivity contribution in [3.63, 3.8) is 0 Å². The SMILES string of the molecule is O=C(NC[C@@H](O)c1ccc(-c2ccco2)cc1)c1ccc(OC(F)(F)F)cc1. The van der Waals surface area contributed by atoms with Crippen LogP contribution in [0.25, 0.3) is 11.3 Å². The van der Waals surface area contributed by atoms with Gasteiger partial charge in [0.15, 0.2) is 0 Å². The first kappa shape index (κ1) is 19.5. The Labute approximate surface area is 158 Å². The van der Waals surface area contributed by atoms with E-state index in [4.69, 9.17) is 4.42 Å². The van der Waals surface area contributed by atoms with Crippen LogP contribution in [0.3, 0.4) is 0 Å². The molecule has 5 nitrogen and oxygen atoms in total. The minimum absolute atomic E-state index is 0.0558. The van der Waals surface area contributed by atoms with Crippen LogP contribution < -0.4 is 10.1 Å². The van der Waals surface area contributed by atoms with Crippen LogP contribution in [0.15, 0.2) is 71.3 Å². The molecule has 0 aliphatic carbocycles. The summed E-state index contributed by atoms with van der Waals surface area (Å²) in [5.74, 6) is -0.238. The molecule has 0 fully saturated rings. The van der Waals surface area contributed by atoms with Crippen molar-refractivity contribution in [1.29, 1.82) is 0 Å². The molecular formula is C20H16F3NO4. The number of rotatable bonds is 6. The third-order valence-electron chi connectivity index (χ3n) is 3.91. The number of benzene rings is 2. The number of hydrogen-bond donors (Lipinski definition) is 2. The summed E-state index contributed by atoms with van der Waals surface area (Å²) in [4.78, 5) is 12.1. The maximum absolute atomic E-state index is 12.1. The van der Waals surface area contributed by atoms with E-state index in [0.29, 0.717) is 11.3 Å². The van der Waals surface area contributed by atoms with Crippen LogP contribution in [0.4, 0.5) is 13.2 Å². The van der Waals surface area contributed by atoms with Crippen molar-refractivity contribution in [2.24, 2.45) is 0 Å². The van der Waals surface area contributed by atoms with Gasteiger partial charge in [-0.15, -0.1) is 13.2 Å². The number of hydrogen-bond acceptors (Lipinski definition) is 4. The minimum atomic E-state index is -4.79. The van der Waals surface area contributed by atoms with Crippen LogP contribution >= 0.6 is 0 Å². The number of nitrogens with one attached hydrogen (secondary N) is 1. The number of carbonyl (C=O) groups is 1. The Kier molecular flexibility index (Phi) is 5.70. The maximum atomic E-state index is 12.1. The number of furan rings is 1. The largest absolute Gasteiger partial charge is 0.573 e. The summed E-state index contributed by atoms with van der Waals surface area (Å²) in [6, 6.07) is 15.1. The standard InChI is InChI=1S/C20H16F3NO4/c21-20(22,23)28-16-9-7-15(8-10-16)19(26)24-12-17(25)13-3-5-14(6-4-13)18-2-1-11-27-18/h1-11,17,25H,12H2,(H,24,26)/t17-/m1/s1. The third-order valence-corrected chi connectivity index (χ3v) is 3.91. The lowest BCUT2D eigenvalue weighted by molar-refractivity contribution is -0.274. The quantitative estimate of drug-likeness (QED) is 0.657. The third kappa shape index (κ3) is 5.14. The molecule has 0 saturated carbocycles. The van der Waals surface area contributed by atoms with Gasteiger partial charge in [-0.25, -0.2) is 0 Å². The molecule has 1 aromatic heterocycles. The lowest BCUT2D eigenvalue weighted by Crippen LogP contribution is -2.28. The minimum Gasteiger partial charge on any atom is -0.464 e. The molecule has 146 valence electrons. The van der Waals surface area contributed by atoms with E-state index in [1.165, 1.54) is 12.1 Å². The van der Waals surface area contributed by atoms with Gasteiger partial charge >= 0.3 is 6.36 Å². The average molecular weight is 391 g/mol. The fraction of sp³-hybridized carbons (Fsp3) is 0.150.